The van der Waals surface area contributed by atoms with E-state index in [9.17, 15) is 0 Å². The third-order valence-corrected chi connectivity index (χ3v) is 4.41. The lowest BCUT2D eigenvalue weighted by molar-refractivity contribution is 0.145. The summed E-state index contributed by atoms with van der Waals surface area (Å²) in [6.07, 6.45) is 8.68. The molecule has 0 amide bonds. The van der Waals surface area contributed by atoms with Gasteiger partial charge in [-0.1, -0.05) is 32.6 Å². The Morgan fingerprint density at radius 3 is 2.35 bits per heavy atom. The highest BCUT2D eigenvalue weighted by molar-refractivity contribution is 4.89. The molecule has 100 valence electrons. The van der Waals surface area contributed by atoms with Crippen LogP contribution in [0.15, 0.2) is 0 Å². The first-order valence-corrected chi connectivity index (χ1v) is 7.56. The van der Waals surface area contributed by atoms with E-state index in [2.05, 4.69) is 31.0 Å². The molecule has 2 fully saturated rings. The van der Waals surface area contributed by atoms with Crippen LogP contribution < -0.4 is 5.32 Å². The fourth-order valence-electron chi connectivity index (χ4n) is 3.44. The van der Waals surface area contributed by atoms with E-state index in [4.69, 9.17) is 0 Å². The largest absolute Gasteiger partial charge is 0.310 e. The molecule has 1 atom stereocenters. The third kappa shape index (κ3) is 3.96. The highest BCUT2D eigenvalue weighted by Crippen LogP contribution is 2.25. The van der Waals surface area contributed by atoms with Crippen LogP contribution in [0.25, 0.3) is 0 Å². The van der Waals surface area contributed by atoms with Crippen LogP contribution in [0.5, 0.6) is 0 Å². The Kier molecular flexibility index (Phi) is 4.48. The van der Waals surface area contributed by atoms with Crippen molar-refractivity contribution in [3.63, 3.8) is 0 Å². The zero-order valence-corrected chi connectivity index (χ0v) is 12.0. The van der Waals surface area contributed by atoms with Gasteiger partial charge in [-0.25, -0.2) is 0 Å². The fraction of sp³-hybridized carbons (Fsp3) is 1.00. The maximum Gasteiger partial charge on any atom is 0.0252 e. The summed E-state index contributed by atoms with van der Waals surface area (Å²) in [6.45, 7) is 10.8. The molecule has 2 nitrogen and oxygen atoms in total. The molecular weight excluding hydrogens is 208 g/mol. The van der Waals surface area contributed by atoms with Crippen LogP contribution in [0.2, 0.25) is 0 Å². The first-order chi connectivity index (χ1) is 8.07. The van der Waals surface area contributed by atoms with E-state index >= 15 is 0 Å². The van der Waals surface area contributed by atoms with Gasteiger partial charge in [0.1, 0.15) is 0 Å². The first kappa shape index (κ1) is 13.4. The maximum absolute atomic E-state index is 3.71. The topological polar surface area (TPSA) is 15.3 Å². The molecule has 0 aromatic rings. The van der Waals surface area contributed by atoms with E-state index < -0.39 is 0 Å². The average Bonchev–Trinajstić information content (AvgIpc) is 2.59. The summed E-state index contributed by atoms with van der Waals surface area (Å²) in [7, 11) is 0. The zero-order chi connectivity index (χ0) is 12.3. The van der Waals surface area contributed by atoms with Crippen molar-refractivity contribution in [3.05, 3.63) is 0 Å². The van der Waals surface area contributed by atoms with Gasteiger partial charge in [-0.15, -0.1) is 0 Å². The lowest BCUT2D eigenvalue weighted by Gasteiger charge is -2.35. The molecule has 1 saturated carbocycles. The molecule has 2 aliphatic rings. The molecular formula is C15H30N2. The number of rotatable bonds is 1. The summed E-state index contributed by atoms with van der Waals surface area (Å²) in [5, 5.41) is 3.71. The molecule has 2 heteroatoms. The Bertz CT molecular complexity index is 229. The predicted molar refractivity (Wildman–Crippen MR) is 74.3 cm³/mol. The third-order valence-electron chi connectivity index (χ3n) is 4.41. The fourth-order valence-corrected chi connectivity index (χ4v) is 3.44. The van der Waals surface area contributed by atoms with E-state index in [0.717, 1.165) is 12.0 Å². The standard InChI is InChI=1S/C15H30N2/c1-13-10-16-15(2,3)12-17(11-13)14-8-6-4-5-7-9-14/h13-14,16H,4-12H2,1-3H3. The molecule has 1 aliphatic carbocycles. The Hall–Kier alpha value is -0.0800. The second kappa shape index (κ2) is 5.71. The van der Waals surface area contributed by atoms with Crippen LogP contribution in [0.4, 0.5) is 0 Å². The van der Waals surface area contributed by atoms with Crippen molar-refractivity contribution in [1.29, 1.82) is 0 Å². The summed E-state index contributed by atoms with van der Waals surface area (Å²) in [6, 6.07) is 0.860. The highest BCUT2D eigenvalue weighted by atomic mass is 15.2. The molecule has 1 unspecified atom stereocenters. The van der Waals surface area contributed by atoms with E-state index in [1.807, 2.05) is 0 Å². The van der Waals surface area contributed by atoms with Crippen molar-refractivity contribution in [2.75, 3.05) is 19.6 Å². The highest BCUT2D eigenvalue weighted by Gasteiger charge is 2.30. The Morgan fingerprint density at radius 2 is 1.71 bits per heavy atom. The molecule has 2 rings (SSSR count). The quantitative estimate of drug-likeness (QED) is 0.706. The molecule has 0 aromatic carbocycles. The van der Waals surface area contributed by atoms with Crippen LogP contribution in [0.3, 0.4) is 0 Å². The van der Waals surface area contributed by atoms with Crippen molar-refractivity contribution < 1.29 is 0 Å². The maximum atomic E-state index is 3.71. The van der Waals surface area contributed by atoms with Crippen molar-refractivity contribution in [1.82, 2.24) is 10.2 Å². The smallest absolute Gasteiger partial charge is 0.0252 e. The minimum atomic E-state index is 0.289. The molecule has 17 heavy (non-hydrogen) atoms. The second-order valence-electron chi connectivity index (χ2n) is 6.94. The summed E-state index contributed by atoms with van der Waals surface area (Å²) < 4.78 is 0. The van der Waals surface area contributed by atoms with Crippen LogP contribution in [-0.2, 0) is 0 Å². The molecule has 1 N–H and O–H groups in total. The molecule has 0 bridgehead atoms. The number of nitrogens with one attached hydrogen (secondary N) is 1. The van der Waals surface area contributed by atoms with E-state index in [1.54, 1.807) is 0 Å². The number of nitrogens with zero attached hydrogens (tertiary/aromatic N) is 1. The van der Waals surface area contributed by atoms with E-state index in [1.165, 1.54) is 58.2 Å². The number of hydrogen-bond donors (Lipinski definition) is 1. The van der Waals surface area contributed by atoms with Gasteiger partial charge in [0.25, 0.3) is 0 Å². The summed E-state index contributed by atoms with van der Waals surface area (Å²) in [4.78, 5) is 2.79. The lowest BCUT2D eigenvalue weighted by atomic mass is 10.0. The van der Waals surface area contributed by atoms with Gasteiger partial charge in [0.2, 0.25) is 0 Å². The van der Waals surface area contributed by atoms with Crippen molar-refractivity contribution in [2.45, 2.75) is 70.9 Å². The van der Waals surface area contributed by atoms with Gasteiger partial charge in [0.05, 0.1) is 0 Å². The monoisotopic (exact) mass is 238 g/mol. The summed E-state index contributed by atoms with van der Waals surface area (Å²) >= 11 is 0. The Labute approximate surface area is 107 Å². The SMILES string of the molecule is CC1CNC(C)(C)CN(C2CCCCCC2)C1. The first-order valence-electron chi connectivity index (χ1n) is 7.56. The van der Waals surface area contributed by atoms with Gasteiger partial charge in [0.15, 0.2) is 0 Å². The minimum absolute atomic E-state index is 0.289. The molecule has 0 spiro atoms. The summed E-state index contributed by atoms with van der Waals surface area (Å²) in [5.41, 5.74) is 0.289. The number of hydrogen-bond acceptors (Lipinski definition) is 2. The van der Waals surface area contributed by atoms with Crippen LogP contribution in [0.1, 0.15) is 59.3 Å². The summed E-state index contributed by atoms with van der Waals surface area (Å²) in [5.74, 6) is 0.792. The van der Waals surface area contributed by atoms with E-state index in [0.29, 0.717) is 0 Å². The predicted octanol–water partition coefficient (Wildman–Crippen LogP) is 3.03. The average molecular weight is 238 g/mol. The van der Waals surface area contributed by atoms with Crippen molar-refractivity contribution in [2.24, 2.45) is 5.92 Å². The lowest BCUT2D eigenvalue weighted by Crippen LogP contribution is -2.49. The zero-order valence-electron chi connectivity index (χ0n) is 12.0. The van der Waals surface area contributed by atoms with Crippen LogP contribution >= 0.6 is 0 Å². The molecule has 1 heterocycles. The van der Waals surface area contributed by atoms with Crippen LogP contribution in [0, 0.1) is 5.92 Å². The van der Waals surface area contributed by atoms with Gasteiger partial charge < -0.3 is 5.32 Å². The molecule has 1 saturated heterocycles. The molecule has 1 aliphatic heterocycles. The van der Waals surface area contributed by atoms with Gasteiger partial charge >= 0.3 is 0 Å². The van der Waals surface area contributed by atoms with Gasteiger partial charge in [-0.3, -0.25) is 4.90 Å². The Balaban J connectivity index is 2.00. The normalized spacial score (nSPS) is 33.0. The second-order valence-corrected chi connectivity index (χ2v) is 6.94. The molecule has 0 radical (unpaired) electrons. The van der Waals surface area contributed by atoms with Crippen molar-refractivity contribution in [3.8, 4) is 0 Å². The Morgan fingerprint density at radius 1 is 1.06 bits per heavy atom. The minimum Gasteiger partial charge on any atom is -0.310 e. The van der Waals surface area contributed by atoms with Crippen LogP contribution in [-0.4, -0.2) is 36.1 Å². The molecule has 0 aromatic heterocycles. The van der Waals surface area contributed by atoms with E-state index in [-0.39, 0.29) is 5.54 Å². The van der Waals surface area contributed by atoms with Gasteiger partial charge in [-0.05, 0) is 39.2 Å². The van der Waals surface area contributed by atoms with Gasteiger partial charge in [-0.2, -0.15) is 0 Å². The van der Waals surface area contributed by atoms with Gasteiger partial charge in [0, 0.05) is 24.7 Å². The van der Waals surface area contributed by atoms with Crippen molar-refractivity contribution >= 4 is 0 Å².